The molecule has 1 aromatic rings. The van der Waals surface area contributed by atoms with Crippen molar-refractivity contribution in [2.24, 2.45) is 17.8 Å². The molecule has 29 heavy (non-hydrogen) atoms. The fraction of sp³-hybridized carbons (Fsp3) is 0.692. The van der Waals surface area contributed by atoms with E-state index in [1.54, 1.807) is 0 Å². The highest BCUT2D eigenvalue weighted by molar-refractivity contribution is 5.28. The molecule has 0 aromatic heterocycles. The second kappa shape index (κ2) is 12.4. The minimum absolute atomic E-state index is 0.232. The van der Waals surface area contributed by atoms with Crippen LogP contribution in [-0.2, 0) is 9.47 Å². The lowest BCUT2D eigenvalue weighted by Crippen LogP contribution is -2.27. The maximum atomic E-state index is 5.93. The Morgan fingerprint density at radius 2 is 1.62 bits per heavy atom. The maximum Gasteiger partial charge on any atom is 0.183 e. The Morgan fingerprint density at radius 3 is 2.28 bits per heavy atom. The molecule has 0 atom stereocenters. The predicted molar refractivity (Wildman–Crippen MR) is 119 cm³/mol. The molecule has 3 heteroatoms. The van der Waals surface area contributed by atoms with E-state index >= 15 is 0 Å². The molecule has 0 N–H and O–H groups in total. The van der Waals surface area contributed by atoms with Crippen LogP contribution < -0.4 is 4.74 Å². The fourth-order valence-corrected chi connectivity index (χ4v) is 4.59. The average Bonchev–Trinajstić information content (AvgIpc) is 2.77. The van der Waals surface area contributed by atoms with Gasteiger partial charge >= 0.3 is 0 Å². The first-order chi connectivity index (χ1) is 14.3. The van der Waals surface area contributed by atoms with Gasteiger partial charge in [-0.25, -0.2) is 0 Å². The third kappa shape index (κ3) is 7.46. The van der Waals surface area contributed by atoms with Gasteiger partial charge in [0.25, 0.3) is 0 Å². The molecule has 0 bridgehead atoms. The van der Waals surface area contributed by atoms with E-state index in [0.717, 1.165) is 36.4 Å². The molecule has 0 radical (unpaired) electrons. The van der Waals surface area contributed by atoms with Crippen molar-refractivity contribution in [3.8, 4) is 5.75 Å². The summed E-state index contributed by atoms with van der Waals surface area (Å²) in [5.74, 6) is 3.17. The van der Waals surface area contributed by atoms with Gasteiger partial charge in [0.15, 0.2) is 6.29 Å². The molecule has 1 heterocycles. The third-order valence-electron chi connectivity index (χ3n) is 6.43. The molecule has 2 aliphatic rings. The van der Waals surface area contributed by atoms with Crippen LogP contribution in [0.1, 0.15) is 83.5 Å². The van der Waals surface area contributed by atoms with Crippen molar-refractivity contribution in [3.63, 3.8) is 0 Å². The number of unbranched alkanes of at least 4 members (excludes halogenated alkanes) is 1. The van der Waals surface area contributed by atoms with Crippen molar-refractivity contribution in [2.75, 3.05) is 19.8 Å². The van der Waals surface area contributed by atoms with E-state index in [1.165, 1.54) is 57.8 Å². The largest absolute Gasteiger partial charge is 0.490 e. The van der Waals surface area contributed by atoms with Crippen molar-refractivity contribution in [1.29, 1.82) is 0 Å². The van der Waals surface area contributed by atoms with E-state index in [1.807, 2.05) is 12.1 Å². The summed E-state index contributed by atoms with van der Waals surface area (Å²) in [5.41, 5.74) is 1.07. The van der Waals surface area contributed by atoms with E-state index in [2.05, 4.69) is 38.1 Å². The van der Waals surface area contributed by atoms with Gasteiger partial charge in [-0.1, -0.05) is 63.8 Å². The molecule has 0 unspecified atom stereocenters. The SMILES string of the molecule is CCCCC1COC(c2ccc(OC/C=C/C3CCC(CCC)CC3)cc2)OC1. The molecular weight excluding hydrogens is 360 g/mol. The molecule has 2 fully saturated rings. The summed E-state index contributed by atoms with van der Waals surface area (Å²) in [7, 11) is 0. The summed E-state index contributed by atoms with van der Waals surface area (Å²) in [6, 6.07) is 8.17. The molecule has 1 aliphatic carbocycles. The fourth-order valence-electron chi connectivity index (χ4n) is 4.59. The van der Waals surface area contributed by atoms with Crippen LogP contribution in [0.4, 0.5) is 0 Å². The summed E-state index contributed by atoms with van der Waals surface area (Å²) < 4.78 is 17.7. The minimum Gasteiger partial charge on any atom is -0.490 e. The zero-order valence-electron chi connectivity index (χ0n) is 18.5. The molecule has 1 aliphatic heterocycles. The van der Waals surface area contributed by atoms with Crippen LogP contribution in [0.2, 0.25) is 0 Å². The van der Waals surface area contributed by atoms with Crippen molar-refractivity contribution in [3.05, 3.63) is 42.0 Å². The molecular formula is C26H40O3. The van der Waals surface area contributed by atoms with Crippen LogP contribution in [0.15, 0.2) is 36.4 Å². The number of hydrogen-bond acceptors (Lipinski definition) is 3. The maximum absolute atomic E-state index is 5.93. The van der Waals surface area contributed by atoms with Crippen LogP contribution in [-0.4, -0.2) is 19.8 Å². The van der Waals surface area contributed by atoms with Crippen molar-refractivity contribution < 1.29 is 14.2 Å². The van der Waals surface area contributed by atoms with Gasteiger partial charge in [-0.15, -0.1) is 0 Å². The molecule has 1 saturated carbocycles. The lowest BCUT2D eigenvalue weighted by molar-refractivity contribution is -0.206. The second-order valence-corrected chi connectivity index (χ2v) is 8.88. The lowest BCUT2D eigenvalue weighted by atomic mass is 9.80. The normalized spacial score (nSPS) is 27.9. The number of benzene rings is 1. The van der Waals surface area contributed by atoms with E-state index in [4.69, 9.17) is 14.2 Å². The number of rotatable bonds is 10. The first-order valence-corrected chi connectivity index (χ1v) is 11.9. The first kappa shape index (κ1) is 22.4. The highest BCUT2D eigenvalue weighted by Crippen LogP contribution is 2.32. The Hall–Kier alpha value is -1.32. The van der Waals surface area contributed by atoms with Gasteiger partial charge in [-0.3, -0.25) is 0 Å². The van der Waals surface area contributed by atoms with Crippen molar-refractivity contribution in [2.45, 2.75) is 77.9 Å². The van der Waals surface area contributed by atoms with E-state index in [-0.39, 0.29) is 6.29 Å². The van der Waals surface area contributed by atoms with Crippen molar-refractivity contribution >= 4 is 0 Å². The highest BCUT2D eigenvalue weighted by Gasteiger charge is 2.23. The van der Waals surface area contributed by atoms with Crippen LogP contribution in [0.3, 0.4) is 0 Å². The number of hydrogen-bond donors (Lipinski definition) is 0. The molecule has 1 aromatic carbocycles. The topological polar surface area (TPSA) is 27.7 Å². The van der Waals surface area contributed by atoms with Crippen LogP contribution in [0, 0.1) is 17.8 Å². The van der Waals surface area contributed by atoms with Gasteiger partial charge in [0.1, 0.15) is 12.4 Å². The van der Waals surface area contributed by atoms with Gasteiger partial charge in [0.05, 0.1) is 13.2 Å². The summed E-state index contributed by atoms with van der Waals surface area (Å²) in [6.07, 6.45) is 16.2. The van der Waals surface area contributed by atoms with Crippen molar-refractivity contribution in [1.82, 2.24) is 0 Å². The summed E-state index contributed by atoms with van der Waals surface area (Å²) in [5, 5.41) is 0. The quantitative estimate of drug-likeness (QED) is 0.393. The zero-order valence-corrected chi connectivity index (χ0v) is 18.5. The molecule has 0 amide bonds. The highest BCUT2D eigenvalue weighted by atomic mass is 16.7. The number of allylic oxidation sites excluding steroid dienone is 1. The Bertz CT molecular complexity index is 578. The smallest absolute Gasteiger partial charge is 0.183 e. The lowest BCUT2D eigenvalue weighted by Gasteiger charge is -2.29. The van der Waals surface area contributed by atoms with Gasteiger partial charge in [0.2, 0.25) is 0 Å². The first-order valence-electron chi connectivity index (χ1n) is 11.9. The van der Waals surface area contributed by atoms with E-state index < -0.39 is 0 Å². The van der Waals surface area contributed by atoms with Crippen LogP contribution in [0.5, 0.6) is 5.75 Å². The van der Waals surface area contributed by atoms with Crippen LogP contribution >= 0.6 is 0 Å². The number of ether oxygens (including phenoxy) is 3. The molecule has 0 spiro atoms. The predicted octanol–water partition coefficient (Wildman–Crippen LogP) is 7.08. The Labute approximate surface area is 177 Å². The molecule has 3 nitrogen and oxygen atoms in total. The summed E-state index contributed by atoms with van der Waals surface area (Å²) in [6.45, 7) is 6.77. The minimum atomic E-state index is -0.232. The summed E-state index contributed by atoms with van der Waals surface area (Å²) in [4.78, 5) is 0. The van der Waals surface area contributed by atoms with Gasteiger partial charge in [-0.2, -0.15) is 0 Å². The molecule has 162 valence electrons. The third-order valence-corrected chi connectivity index (χ3v) is 6.43. The summed E-state index contributed by atoms with van der Waals surface area (Å²) >= 11 is 0. The molecule has 3 rings (SSSR count). The zero-order chi connectivity index (χ0) is 20.3. The van der Waals surface area contributed by atoms with Gasteiger partial charge < -0.3 is 14.2 Å². The second-order valence-electron chi connectivity index (χ2n) is 8.88. The van der Waals surface area contributed by atoms with Gasteiger partial charge in [-0.05, 0) is 56.1 Å². The van der Waals surface area contributed by atoms with Gasteiger partial charge in [0, 0.05) is 11.5 Å². The van der Waals surface area contributed by atoms with E-state index in [0.29, 0.717) is 12.5 Å². The Kier molecular flexibility index (Phi) is 9.56. The monoisotopic (exact) mass is 400 g/mol. The van der Waals surface area contributed by atoms with E-state index in [9.17, 15) is 0 Å². The molecule has 1 saturated heterocycles. The Balaban J connectivity index is 1.35. The standard InChI is InChI=1S/C26H40O3/c1-3-5-8-23-19-28-26(29-20-23)24-14-16-25(17-15-24)27-18-6-9-22-12-10-21(7-4-2)11-13-22/h6,9,14-17,21-23,26H,3-5,7-8,10-13,18-20H2,1-2H3/b9-6+. The Morgan fingerprint density at radius 1 is 0.897 bits per heavy atom. The average molecular weight is 401 g/mol. The van der Waals surface area contributed by atoms with Crippen LogP contribution in [0.25, 0.3) is 0 Å².